The van der Waals surface area contributed by atoms with Crippen LogP contribution in [0.3, 0.4) is 0 Å². The standard InChI is InChI=1S/C21H31N3O2/c1-20(2,3)17(13-25)23-19(26)18(22-6)21(4,5)15-12-24(7)16-11-9-8-10-14(15)16/h8-13,17-18,22H,1-7H3,(H,23,26). The molecule has 0 aliphatic carbocycles. The van der Waals surface area contributed by atoms with Crippen LogP contribution in [0.2, 0.25) is 0 Å². The van der Waals surface area contributed by atoms with Gasteiger partial charge in [0.05, 0.1) is 12.1 Å². The Morgan fingerprint density at radius 2 is 1.77 bits per heavy atom. The zero-order valence-electron chi connectivity index (χ0n) is 16.9. The summed E-state index contributed by atoms with van der Waals surface area (Å²) < 4.78 is 2.08. The van der Waals surface area contributed by atoms with Crippen LogP contribution < -0.4 is 10.6 Å². The molecule has 0 saturated heterocycles. The van der Waals surface area contributed by atoms with Crippen molar-refractivity contribution in [2.75, 3.05) is 7.05 Å². The van der Waals surface area contributed by atoms with E-state index >= 15 is 0 Å². The number of aromatic nitrogens is 1. The summed E-state index contributed by atoms with van der Waals surface area (Å²) in [6, 6.07) is 7.18. The van der Waals surface area contributed by atoms with Gasteiger partial charge in [-0.15, -0.1) is 0 Å². The largest absolute Gasteiger partial charge is 0.350 e. The van der Waals surface area contributed by atoms with Gasteiger partial charge in [-0.1, -0.05) is 52.8 Å². The Kier molecular flexibility index (Phi) is 5.61. The van der Waals surface area contributed by atoms with Crippen LogP contribution in [0.4, 0.5) is 0 Å². The third-order valence-corrected chi connectivity index (χ3v) is 5.23. The number of amides is 1. The summed E-state index contributed by atoms with van der Waals surface area (Å²) >= 11 is 0. The number of para-hydroxylation sites is 1. The second kappa shape index (κ2) is 7.23. The lowest BCUT2D eigenvalue weighted by atomic mass is 9.76. The molecule has 142 valence electrons. The first-order chi connectivity index (χ1) is 12.0. The molecule has 0 spiro atoms. The van der Waals surface area contributed by atoms with Gasteiger partial charge in [-0.05, 0) is 24.1 Å². The number of hydrogen-bond acceptors (Lipinski definition) is 3. The monoisotopic (exact) mass is 357 g/mol. The minimum Gasteiger partial charge on any atom is -0.350 e. The summed E-state index contributed by atoms with van der Waals surface area (Å²) in [6.45, 7) is 9.94. The molecule has 0 aliphatic rings. The molecule has 1 amide bonds. The summed E-state index contributed by atoms with van der Waals surface area (Å²) in [5.41, 5.74) is 1.43. The molecule has 2 N–H and O–H groups in total. The molecule has 0 radical (unpaired) electrons. The number of nitrogens with zero attached hydrogens (tertiary/aromatic N) is 1. The van der Waals surface area contributed by atoms with Crippen molar-refractivity contribution in [2.45, 2.75) is 52.1 Å². The van der Waals surface area contributed by atoms with Crippen LogP contribution in [0.25, 0.3) is 10.9 Å². The van der Waals surface area contributed by atoms with Gasteiger partial charge in [-0.25, -0.2) is 0 Å². The Balaban J connectivity index is 2.41. The molecule has 0 aliphatic heterocycles. The van der Waals surface area contributed by atoms with E-state index < -0.39 is 17.5 Å². The lowest BCUT2D eigenvalue weighted by Crippen LogP contribution is -2.57. The molecule has 0 saturated carbocycles. The normalized spacial score (nSPS) is 14.9. The Morgan fingerprint density at radius 1 is 1.15 bits per heavy atom. The molecular weight excluding hydrogens is 326 g/mol. The fraction of sp³-hybridized carbons (Fsp3) is 0.524. The van der Waals surface area contributed by atoms with E-state index in [4.69, 9.17) is 0 Å². The van der Waals surface area contributed by atoms with E-state index in [1.54, 1.807) is 7.05 Å². The maximum Gasteiger partial charge on any atom is 0.238 e. The lowest BCUT2D eigenvalue weighted by molar-refractivity contribution is -0.128. The molecule has 1 heterocycles. The van der Waals surface area contributed by atoms with Crippen LogP contribution in [-0.4, -0.2) is 35.9 Å². The minimum absolute atomic E-state index is 0.169. The zero-order chi connectivity index (χ0) is 19.7. The predicted molar refractivity (Wildman–Crippen MR) is 106 cm³/mol. The molecule has 1 aromatic carbocycles. The third kappa shape index (κ3) is 3.68. The van der Waals surface area contributed by atoms with Gasteiger partial charge in [0.2, 0.25) is 5.91 Å². The average molecular weight is 357 g/mol. The molecule has 2 atom stereocenters. The summed E-state index contributed by atoms with van der Waals surface area (Å²) in [5, 5.41) is 7.21. The summed E-state index contributed by atoms with van der Waals surface area (Å²) in [6.07, 6.45) is 2.90. The van der Waals surface area contributed by atoms with E-state index in [-0.39, 0.29) is 11.3 Å². The lowest BCUT2D eigenvalue weighted by Gasteiger charge is -2.35. The first kappa shape index (κ1) is 20.2. The van der Waals surface area contributed by atoms with E-state index in [0.717, 1.165) is 22.8 Å². The van der Waals surface area contributed by atoms with Gasteiger partial charge >= 0.3 is 0 Å². The van der Waals surface area contributed by atoms with E-state index in [1.165, 1.54) is 0 Å². The number of fused-ring (bicyclic) bond motifs is 1. The summed E-state index contributed by atoms with van der Waals surface area (Å²) in [7, 11) is 3.79. The SMILES string of the molecule is CNC(C(=O)NC(C=O)C(C)(C)C)C(C)(C)c1cn(C)c2ccccc12. The van der Waals surface area contributed by atoms with E-state index in [9.17, 15) is 9.59 Å². The van der Waals surface area contributed by atoms with Crippen LogP contribution in [0.1, 0.15) is 40.2 Å². The van der Waals surface area contributed by atoms with E-state index in [2.05, 4.69) is 47.4 Å². The van der Waals surface area contributed by atoms with Gasteiger partial charge in [-0.2, -0.15) is 0 Å². The smallest absolute Gasteiger partial charge is 0.238 e. The van der Waals surface area contributed by atoms with Crippen molar-refractivity contribution in [1.82, 2.24) is 15.2 Å². The summed E-state index contributed by atoms with van der Waals surface area (Å²) in [5.74, 6) is -0.169. The first-order valence-corrected chi connectivity index (χ1v) is 9.01. The van der Waals surface area contributed by atoms with Crippen LogP contribution in [0, 0.1) is 5.41 Å². The van der Waals surface area contributed by atoms with Crippen LogP contribution in [-0.2, 0) is 22.1 Å². The fourth-order valence-electron chi connectivity index (χ4n) is 3.52. The highest BCUT2D eigenvalue weighted by molar-refractivity contribution is 5.90. The predicted octanol–water partition coefficient (Wildman–Crippen LogP) is 2.77. The van der Waals surface area contributed by atoms with Gasteiger partial charge in [0.1, 0.15) is 6.29 Å². The number of benzene rings is 1. The van der Waals surface area contributed by atoms with Gasteiger partial charge in [0, 0.05) is 29.6 Å². The maximum absolute atomic E-state index is 13.0. The van der Waals surface area contributed by atoms with Crippen molar-refractivity contribution >= 4 is 23.1 Å². The third-order valence-electron chi connectivity index (χ3n) is 5.23. The number of likely N-dealkylation sites (N-methyl/N-ethyl adjacent to an activating group) is 1. The Labute approximate surface area is 156 Å². The molecule has 5 nitrogen and oxygen atoms in total. The average Bonchev–Trinajstić information content (AvgIpc) is 2.90. The Morgan fingerprint density at radius 3 is 2.31 bits per heavy atom. The minimum atomic E-state index is -0.533. The number of aryl methyl sites for hydroxylation is 1. The van der Waals surface area contributed by atoms with E-state index in [0.29, 0.717) is 0 Å². The van der Waals surface area contributed by atoms with Crippen LogP contribution in [0.15, 0.2) is 30.5 Å². The van der Waals surface area contributed by atoms with Gasteiger partial charge in [0.25, 0.3) is 0 Å². The quantitative estimate of drug-likeness (QED) is 0.782. The number of rotatable bonds is 6. The highest BCUT2D eigenvalue weighted by atomic mass is 16.2. The fourth-order valence-corrected chi connectivity index (χ4v) is 3.52. The number of nitrogens with one attached hydrogen (secondary N) is 2. The second-order valence-corrected chi connectivity index (χ2v) is 8.60. The van der Waals surface area contributed by atoms with Crippen molar-refractivity contribution in [1.29, 1.82) is 0 Å². The maximum atomic E-state index is 13.0. The van der Waals surface area contributed by atoms with Gasteiger partial charge in [0.15, 0.2) is 0 Å². The van der Waals surface area contributed by atoms with Crippen molar-refractivity contribution in [3.8, 4) is 0 Å². The van der Waals surface area contributed by atoms with Gasteiger partial charge in [-0.3, -0.25) is 4.79 Å². The highest BCUT2D eigenvalue weighted by Crippen LogP contribution is 2.34. The zero-order valence-corrected chi connectivity index (χ0v) is 16.9. The van der Waals surface area contributed by atoms with Crippen molar-refractivity contribution < 1.29 is 9.59 Å². The molecule has 1 aromatic heterocycles. The molecule has 2 rings (SSSR count). The highest BCUT2D eigenvalue weighted by Gasteiger charge is 2.39. The molecule has 5 heteroatoms. The first-order valence-electron chi connectivity index (χ1n) is 9.01. The van der Waals surface area contributed by atoms with Crippen molar-refractivity contribution in [2.24, 2.45) is 12.5 Å². The summed E-state index contributed by atoms with van der Waals surface area (Å²) in [4.78, 5) is 24.5. The Bertz CT molecular complexity index is 799. The number of aldehydes is 1. The molecule has 0 bridgehead atoms. The van der Waals surface area contributed by atoms with E-state index in [1.807, 2.05) is 40.0 Å². The molecule has 2 unspecified atom stereocenters. The van der Waals surface area contributed by atoms with Gasteiger partial charge < -0.3 is 20.0 Å². The number of carbonyl (C=O) groups excluding carboxylic acids is 2. The van der Waals surface area contributed by atoms with Crippen LogP contribution >= 0.6 is 0 Å². The topological polar surface area (TPSA) is 63.1 Å². The van der Waals surface area contributed by atoms with Crippen molar-refractivity contribution in [3.05, 3.63) is 36.0 Å². The Hall–Kier alpha value is -2.14. The molecular formula is C21H31N3O2. The number of hydrogen-bond donors (Lipinski definition) is 2. The molecule has 26 heavy (non-hydrogen) atoms. The number of carbonyl (C=O) groups is 2. The molecule has 2 aromatic rings. The van der Waals surface area contributed by atoms with Crippen LogP contribution in [0.5, 0.6) is 0 Å². The van der Waals surface area contributed by atoms with Crippen molar-refractivity contribution in [3.63, 3.8) is 0 Å². The second-order valence-electron chi connectivity index (χ2n) is 8.60. The molecule has 0 fully saturated rings.